The van der Waals surface area contributed by atoms with E-state index in [1.54, 1.807) is 18.2 Å². The Bertz CT molecular complexity index is 550. The number of ether oxygens (including phenoxy) is 1. The smallest absolute Gasteiger partial charge is 0.131 e. The summed E-state index contributed by atoms with van der Waals surface area (Å²) in [7, 11) is 1.88. The Kier molecular flexibility index (Phi) is 4.59. The third-order valence-electron chi connectivity index (χ3n) is 2.60. The van der Waals surface area contributed by atoms with E-state index in [0.717, 1.165) is 11.3 Å². The molecule has 0 aliphatic rings. The van der Waals surface area contributed by atoms with Gasteiger partial charge in [0.25, 0.3) is 0 Å². The van der Waals surface area contributed by atoms with Gasteiger partial charge >= 0.3 is 0 Å². The van der Waals surface area contributed by atoms with Crippen LogP contribution in [-0.2, 0) is 0 Å². The predicted molar refractivity (Wildman–Crippen MR) is 77.1 cm³/mol. The topological polar surface area (TPSA) is 41.5 Å². The molecule has 0 saturated heterocycles. The van der Waals surface area contributed by atoms with Gasteiger partial charge in [-0.15, -0.1) is 0 Å². The minimum absolute atomic E-state index is 0.193. The number of phenolic OH excluding ortho intramolecular Hbond substituents is 1. The largest absolute Gasteiger partial charge is 0.508 e. The van der Waals surface area contributed by atoms with Crippen molar-refractivity contribution in [1.29, 1.82) is 0 Å². The van der Waals surface area contributed by atoms with Crippen molar-refractivity contribution in [3.8, 4) is 11.5 Å². The fourth-order valence-corrected chi connectivity index (χ4v) is 1.69. The minimum Gasteiger partial charge on any atom is -0.508 e. The van der Waals surface area contributed by atoms with Crippen LogP contribution < -0.4 is 10.1 Å². The van der Waals surface area contributed by atoms with Gasteiger partial charge in [0.1, 0.15) is 17.3 Å². The molecule has 0 radical (unpaired) electrons. The molecule has 0 spiro atoms. The third kappa shape index (κ3) is 3.86. The molecule has 0 bridgehead atoms. The Hall–Kier alpha value is -2.26. The van der Waals surface area contributed by atoms with Crippen LogP contribution in [0.3, 0.4) is 0 Å². The lowest BCUT2D eigenvalue weighted by Gasteiger charge is -2.11. The highest BCUT2D eigenvalue weighted by Crippen LogP contribution is 2.23. The number of hydrogen-bond acceptors (Lipinski definition) is 3. The fraction of sp³-hybridized carbons (Fsp3) is 0.125. The average molecular weight is 255 g/mol. The van der Waals surface area contributed by atoms with Gasteiger partial charge in [0.05, 0.1) is 0 Å². The molecule has 2 aromatic rings. The second-order valence-corrected chi connectivity index (χ2v) is 4.09. The van der Waals surface area contributed by atoms with Crippen LogP contribution in [0.5, 0.6) is 11.5 Å². The van der Waals surface area contributed by atoms with E-state index < -0.39 is 0 Å². The van der Waals surface area contributed by atoms with Crippen molar-refractivity contribution in [2.45, 2.75) is 0 Å². The average Bonchev–Trinajstić information content (AvgIpc) is 2.44. The molecule has 0 heterocycles. The first kappa shape index (κ1) is 13.2. The normalized spacial score (nSPS) is 11.3. The van der Waals surface area contributed by atoms with Crippen LogP contribution in [0, 0.1) is 0 Å². The molecule has 2 aromatic carbocycles. The second kappa shape index (κ2) is 6.61. The summed E-state index contributed by atoms with van der Waals surface area (Å²) in [6.45, 7) is 0.711. The predicted octanol–water partition coefficient (Wildman–Crippen LogP) is 3.03. The first-order valence-electron chi connectivity index (χ1n) is 6.16. The van der Waals surface area contributed by atoms with Gasteiger partial charge in [-0.2, -0.15) is 0 Å². The Morgan fingerprint density at radius 2 is 1.95 bits per heavy atom. The minimum atomic E-state index is 0.193. The van der Waals surface area contributed by atoms with Gasteiger partial charge in [-0.1, -0.05) is 36.4 Å². The third-order valence-corrected chi connectivity index (χ3v) is 2.60. The maximum absolute atomic E-state index is 9.46. The Morgan fingerprint density at radius 1 is 1.16 bits per heavy atom. The van der Waals surface area contributed by atoms with Crippen LogP contribution in [0.1, 0.15) is 5.56 Å². The molecule has 0 unspecified atom stereocenters. The maximum Gasteiger partial charge on any atom is 0.131 e. The van der Waals surface area contributed by atoms with Crippen LogP contribution in [0.25, 0.3) is 5.76 Å². The van der Waals surface area contributed by atoms with Crippen LogP contribution in [0.15, 0.2) is 60.7 Å². The zero-order valence-corrected chi connectivity index (χ0v) is 10.8. The molecule has 0 aliphatic carbocycles. The van der Waals surface area contributed by atoms with Crippen molar-refractivity contribution in [3.63, 3.8) is 0 Å². The SMILES string of the molecule is CNC/C=C(/Oc1cccc(O)c1)c1ccccc1. The Labute approximate surface area is 113 Å². The van der Waals surface area contributed by atoms with Crippen molar-refractivity contribution in [2.75, 3.05) is 13.6 Å². The van der Waals surface area contributed by atoms with Crippen LogP contribution in [0.4, 0.5) is 0 Å². The number of benzene rings is 2. The molecule has 2 rings (SSSR count). The summed E-state index contributed by atoms with van der Waals surface area (Å²) >= 11 is 0. The molecule has 0 aliphatic heterocycles. The van der Waals surface area contributed by atoms with E-state index in [9.17, 15) is 5.11 Å². The molecular formula is C16H17NO2. The molecule has 0 aromatic heterocycles. The van der Waals surface area contributed by atoms with Gasteiger partial charge in [-0.25, -0.2) is 0 Å². The summed E-state index contributed by atoms with van der Waals surface area (Å²) < 4.78 is 5.84. The highest BCUT2D eigenvalue weighted by molar-refractivity contribution is 5.62. The van der Waals surface area contributed by atoms with Crippen LogP contribution in [-0.4, -0.2) is 18.7 Å². The van der Waals surface area contributed by atoms with Gasteiger partial charge in [-0.3, -0.25) is 0 Å². The first-order chi connectivity index (χ1) is 9.29. The lowest BCUT2D eigenvalue weighted by molar-refractivity contribution is 0.464. The fourth-order valence-electron chi connectivity index (χ4n) is 1.69. The Morgan fingerprint density at radius 3 is 2.63 bits per heavy atom. The van der Waals surface area contributed by atoms with E-state index in [0.29, 0.717) is 12.3 Å². The zero-order chi connectivity index (χ0) is 13.5. The lowest BCUT2D eigenvalue weighted by Crippen LogP contribution is -2.07. The van der Waals surface area contributed by atoms with E-state index in [4.69, 9.17) is 4.74 Å². The van der Waals surface area contributed by atoms with E-state index in [1.165, 1.54) is 0 Å². The number of hydrogen-bond donors (Lipinski definition) is 2. The molecule has 0 saturated carbocycles. The second-order valence-electron chi connectivity index (χ2n) is 4.09. The summed E-state index contributed by atoms with van der Waals surface area (Å²) in [6.07, 6.45) is 1.97. The number of likely N-dealkylation sites (N-methyl/N-ethyl adjacent to an activating group) is 1. The van der Waals surface area contributed by atoms with Crippen molar-refractivity contribution in [3.05, 3.63) is 66.2 Å². The molecular weight excluding hydrogens is 238 g/mol. The quantitative estimate of drug-likeness (QED) is 0.807. The summed E-state index contributed by atoms with van der Waals surface area (Å²) in [6, 6.07) is 16.7. The van der Waals surface area contributed by atoms with Crippen LogP contribution in [0.2, 0.25) is 0 Å². The summed E-state index contributed by atoms with van der Waals surface area (Å²) in [5.74, 6) is 1.57. The van der Waals surface area contributed by atoms with E-state index in [1.807, 2.05) is 49.5 Å². The van der Waals surface area contributed by atoms with Gasteiger partial charge in [-0.05, 0) is 25.3 Å². The van der Waals surface area contributed by atoms with Crippen molar-refractivity contribution in [1.82, 2.24) is 5.32 Å². The maximum atomic E-state index is 9.46. The molecule has 0 amide bonds. The number of aromatic hydroxyl groups is 1. The standard InChI is InChI=1S/C16H17NO2/c1-17-11-10-16(13-6-3-2-4-7-13)19-15-9-5-8-14(18)12-15/h2-10,12,17-18H,11H2,1H3/b16-10+. The molecule has 3 nitrogen and oxygen atoms in total. The van der Waals surface area contributed by atoms with Gasteiger partial charge in [0, 0.05) is 18.2 Å². The molecule has 2 N–H and O–H groups in total. The Balaban J connectivity index is 2.24. The molecule has 0 atom stereocenters. The first-order valence-corrected chi connectivity index (χ1v) is 6.16. The highest BCUT2D eigenvalue weighted by Gasteiger charge is 2.04. The van der Waals surface area contributed by atoms with Crippen molar-refractivity contribution < 1.29 is 9.84 Å². The van der Waals surface area contributed by atoms with Crippen molar-refractivity contribution in [2.24, 2.45) is 0 Å². The van der Waals surface area contributed by atoms with E-state index >= 15 is 0 Å². The molecule has 19 heavy (non-hydrogen) atoms. The van der Waals surface area contributed by atoms with E-state index in [-0.39, 0.29) is 5.75 Å². The lowest BCUT2D eigenvalue weighted by atomic mass is 10.2. The van der Waals surface area contributed by atoms with E-state index in [2.05, 4.69) is 5.32 Å². The summed E-state index contributed by atoms with van der Waals surface area (Å²) in [5, 5.41) is 12.5. The van der Waals surface area contributed by atoms with Gasteiger partial charge in [0.2, 0.25) is 0 Å². The van der Waals surface area contributed by atoms with Crippen molar-refractivity contribution >= 4 is 5.76 Å². The molecule has 0 fully saturated rings. The molecule has 3 heteroatoms. The monoisotopic (exact) mass is 255 g/mol. The van der Waals surface area contributed by atoms with Gasteiger partial charge < -0.3 is 15.2 Å². The summed E-state index contributed by atoms with van der Waals surface area (Å²) in [4.78, 5) is 0. The zero-order valence-electron chi connectivity index (χ0n) is 10.8. The number of phenols is 1. The van der Waals surface area contributed by atoms with Gasteiger partial charge in [0.15, 0.2) is 0 Å². The van der Waals surface area contributed by atoms with Crippen LogP contribution >= 0.6 is 0 Å². The number of rotatable bonds is 5. The number of nitrogens with one attached hydrogen (secondary N) is 1. The highest BCUT2D eigenvalue weighted by atomic mass is 16.5. The molecule has 98 valence electrons. The summed E-state index contributed by atoms with van der Waals surface area (Å²) in [5.41, 5.74) is 1.00.